The van der Waals surface area contributed by atoms with Crippen molar-refractivity contribution in [2.45, 2.75) is 25.8 Å². The highest BCUT2D eigenvalue weighted by Gasteiger charge is 2.20. The number of H-pyrrole nitrogens is 1. The lowest BCUT2D eigenvalue weighted by Crippen LogP contribution is -2.40. The molecule has 0 saturated heterocycles. The third kappa shape index (κ3) is 3.72. The van der Waals surface area contributed by atoms with Crippen LogP contribution in [0, 0.1) is 0 Å². The SMILES string of the molecule is CCCC(NC(=O)c1ccc(-c2ccccc2)[nH]1)C(=O)O. The number of carbonyl (C=O) groups excluding carboxylic acids is 1. The largest absolute Gasteiger partial charge is 0.480 e. The lowest BCUT2D eigenvalue weighted by atomic mass is 10.1. The predicted molar refractivity (Wildman–Crippen MR) is 80.0 cm³/mol. The maximum absolute atomic E-state index is 12.1. The summed E-state index contributed by atoms with van der Waals surface area (Å²) in [7, 11) is 0. The van der Waals surface area contributed by atoms with E-state index in [-0.39, 0.29) is 0 Å². The molecule has 0 spiro atoms. The third-order valence-corrected chi connectivity index (χ3v) is 3.20. The Morgan fingerprint density at radius 1 is 1.19 bits per heavy atom. The molecule has 0 fully saturated rings. The van der Waals surface area contributed by atoms with Crippen molar-refractivity contribution in [3.63, 3.8) is 0 Å². The van der Waals surface area contributed by atoms with E-state index in [1.165, 1.54) is 0 Å². The Balaban J connectivity index is 2.10. The zero-order valence-electron chi connectivity index (χ0n) is 11.8. The fourth-order valence-corrected chi connectivity index (χ4v) is 2.10. The summed E-state index contributed by atoms with van der Waals surface area (Å²) in [6, 6.07) is 12.2. The van der Waals surface area contributed by atoms with Crippen LogP contribution in [0.5, 0.6) is 0 Å². The number of nitrogens with one attached hydrogen (secondary N) is 2. The van der Waals surface area contributed by atoms with Gasteiger partial charge < -0.3 is 15.4 Å². The smallest absolute Gasteiger partial charge is 0.326 e. The summed E-state index contributed by atoms with van der Waals surface area (Å²) in [4.78, 5) is 26.1. The van der Waals surface area contributed by atoms with Crippen LogP contribution in [0.1, 0.15) is 30.3 Å². The van der Waals surface area contributed by atoms with Crippen LogP contribution >= 0.6 is 0 Å². The Kier molecular flexibility index (Phi) is 4.77. The second kappa shape index (κ2) is 6.74. The molecular weight excluding hydrogens is 268 g/mol. The standard InChI is InChI=1S/C16H18N2O3/c1-2-6-14(16(20)21)18-15(19)13-10-9-12(17-13)11-7-4-3-5-8-11/h3-5,7-10,14,17H,2,6H2,1H3,(H,18,19)(H,20,21). The number of rotatable bonds is 6. The van der Waals surface area contributed by atoms with Crippen LogP contribution in [-0.2, 0) is 4.79 Å². The number of benzene rings is 1. The molecule has 1 unspecified atom stereocenters. The molecular formula is C16H18N2O3. The average Bonchev–Trinajstić information content (AvgIpc) is 2.97. The number of carboxylic acids is 1. The van der Waals surface area contributed by atoms with E-state index in [1.807, 2.05) is 37.3 Å². The number of aromatic nitrogens is 1. The van der Waals surface area contributed by atoms with Crippen molar-refractivity contribution in [1.29, 1.82) is 0 Å². The summed E-state index contributed by atoms with van der Waals surface area (Å²) >= 11 is 0. The molecule has 0 saturated carbocycles. The first-order valence-electron chi connectivity index (χ1n) is 6.90. The van der Waals surface area contributed by atoms with Crippen molar-refractivity contribution in [3.8, 4) is 11.3 Å². The zero-order valence-corrected chi connectivity index (χ0v) is 11.8. The molecule has 1 amide bonds. The molecule has 5 heteroatoms. The van der Waals surface area contributed by atoms with Gasteiger partial charge in [0.15, 0.2) is 0 Å². The van der Waals surface area contributed by atoms with Gasteiger partial charge in [-0.3, -0.25) is 4.79 Å². The quantitative estimate of drug-likeness (QED) is 0.763. The fraction of sp³-hybridized carbons (Fsp3) is 0.250. The maximum Gasteiger partial charge on any atom is 0.326 e. The molecule has 1 aromatic carbocycles. The minimum absolute atomic E-state index is 0.358. The van der Waals surface area contributed by atoms with Gasteiger partial charge in [-0.2, -0.15) is 0 Å². The minimum Gasteiger partial charge on any atom is -0.480 e. The second-order valence-corrected chi connectivity index (χ2v) is 4.80. The monoisotopic (exact) mass is 286 g/mol. The molecule has 0 radical (unpaired) electrons. The molecule has 110 valence electrons. The van der Waals surface area contributed by atoms with Gasteiger partial charge in [-0.05, 0) is 24.1 Å². The highest BCUT2D eigenvalue weighted by atomic mass is 16.4. The van der Waals surface area contributed by atoms with E-state index in [2.05, 4.69) is 10.3 Å². The van der Waals surface area contributed by atoms with Crippen LogP contribution in [0.3, 0.4) is 0 Å². The zero-order chi connectivity index (χ0) is 15.2. The Bertz CT molecular complexity index is 619. The Morgan fingerprint density at radius 2 is 1.90 bits per heavy atom. The summed E-state index contributed by atoms with van der Waals surface area (Å²) in [6.07, 6.45) is 1.10. The number of carboxylic acid groups (broad SMARTS) is 1. The van der Waals surface area contributed by atoms with Crippen molar-refractivity contribution in [2.75, 3.05) is 0 Å². The number of aromatic amines is 1. The molecule has 0 aliphatic carbocycles. The van der Waals surface area contributed by atoms with E-state index < -0.39 is 17.9 Å². The van der Waals surface area contributed by atoms with Gasteiger partial charge in [0.2, 0.25) is 0 Å². The van der Waals surface area contributed by atoms with Crippen LogP contribution in [-0.4, -0.2) is 28.0 Å². The molecule has 5 nitrogen and oxygen atoms in total. The van der Waals surface area contributed by atoms with Crippen LogP contribution < -0.4 is 5.32 Å². The van der Waals surface area contributed by atoms with Gasteiger partial charge in [-0.25, -0.2) is 4.79 Å². The lowest BCUT2D eigenvalue weighted by Gasteiger charge is -2.12. The van der Waals surface area contributed by atoms with E-state index in [0.717, 1.165) is 11.3 Å². The Labute approximate surface area is 123 Å². The van der Waals surface area contributed by atoms with Crippen LogP contribution in [0.15, 0.2) is 42.5 Å². The summed E-state index contributed by atoms with van der Waals surface area (Å²) in [6.45, 7) is 1.88. The van der Waals surface area contributed by atoms with E-state index in [0.29, 0.717) is 18.5 Å². The number of aliphatic carboxylic acids is 1. The molecule has 0 aliphatic rings. The van der Waals surface area contributed by atoms with E-state index in [4.69, 9.17) is 5.11 Å². The molecule has 1 atom stereocenters. The van der Waals surface area contributed by atoms with E-state index in [9.17, 15) is 9.59 Å². The van der Waals surface area contributed by atoms with Crippen molar-refractivity contribution in [2.24, 2.45) is 0 Å². The number of hydrogen-bond donors (Lipinski definition) is 3. The van der Waals surface area contributed by atoms with Gasteiger partial charge >= 0.3 is 5.97 Å². The number of carbonyl (C=O) groups is 2. The van der Waals surface area contributed by atoms with Crippen LogP contribution in [0.25, 0.3) is 11.3 Å². The summed E-state index contributed by atoms with van der Waals surface area (Å²) < 4.78 is 0. The topological polar surface area (TPSA) is 82.2 Å². The summed E-state index contributed by atoms with van der Waals surface area (Å²) in [5, 5.41) is 11.6. The first kappa shape index (κ1) is 14.8. The third-order valence-electron chi connectivity index (χ3n) is 3.20. The van der Waals surface area contributed by atoms with Crippen molar-refractivity contribution in [1.82, 2.24) is 10.3 Å². The minimum atomic E-state index is -1.01. The van der Waals surface area contributed by atoms with Crippen molar-refractivity contribution in [3.05, 3.63) is 48.2 Å². The molecule has 1 aromatic heterocycles. The van der Waals surface area contributed by atoms with Gasteiger partial charge in [0.05, 0.1) is 0 Å². The van der Waals surface area contributed by atoms with Gasteiger partial charge in [0, 0.05) is 5.69 Å². The number of amides is 1. The fourth-order valence-electron chi connectivity index (χ4n) is 2.10. The summed E-state index contributed by atoms with van der Waals surface area (Å²) in [5.74, 6) is -1.42. The average molecular weight is 286 g/mol. The van der Waals surface area contributed by atoms with Gasteiger partial charge in [0.25, 0.3) is 5.91 Å². The van der Waals surface area contributed by atoms with E-state index >= 15 is 0 Å². The summed E-state index contributed by atoms with van der Waals surface area (Å²) in [5.41, 5.74) is 2.15. The molecule has 0 aliphatic heterocycles. The molecule has 0 bridgehead atoms. The molecule has 3 N–H and O–H groups in total. The second-order valence-electron chi connectivity index (χ2n) is 4.80. The molecule has 1 heterocycles. The highest BCUT2D eigenvalue weighted by molar-refractivity contribution is 5.95. The van der Waals surface area contributed by atoms with Crippen molar-refractivity contribution < 1.29 is 14.7 Å². The highest BCUT2D eigenvalue weighted by Crippen LogP contribution is 2.17. The van der Waals surface area contributed by atoms with Crippen molar-refractivity contribution >= 4 is 11.9 Å². The van der Waals surface area contributed by atoms with Gasteiger partial charge in [-0.15, -0.1) is 0 Å². The van der Waals surface area contributed by atoms with Crippen LogP contribution in [0.4, 0.5) is 0 Å². The number of hydrogen-bond acceptors (Lipinski definition) is 2. The van der Waals surface area contributed by atoms with E-state index in [1.54, 1.807) is 12.1 Å². The lowest BCUT2D eigenvalue weighted by molar-refractivity contribution is -0.139. The molecule has 2 rings (SSSR count). The Morgan fingerprint density at radius 3 is 2.52 bits per heavy atom. The van der Waals surface area contributed by atoms with Gasteiger partial charge in [0.1, 0.15) is 11.7 Å². The first-order valence-corrected chi connectivity index (χ1v) is 6.90. The normalized spacial score (nSPS) is 11.9. The molecule has 21 heavy (non-hydrogen) atoms. The predicted octanol–water partition coefficient (Wildman–Crippen LogP) is 2.66. The van der Waals surface area contributed by atoms with Crippen LogP contribution in [0.2, 0.25) is 0 Å². The Hall–Kier alpha value is -2.56. The maximum atomic E-state index is 12.1. The van der Waals surface area contributed by atoms with Gasteiger partial charge in [-0.1, -0.05) is 43.7 Å². The first-order chi connectivity index (χ1) is 10.1. The molecule has 2 aromatic rings.